The van der Waals surface area contributed by atoms with E-state index in [9.17, 15) is 13.7 Å². The van der Waals surface area contributed by atoms with Gasteiger partial charge in [-0.05, 0) is 25.1 Å². The van der Waals surface area contributed by atoms with E-state index < -0.39 is 27.2 Å². The molecule has 4 aromatic rings. The minimum atomic E-state index is -3.48. The fourth-order valence-electron chi connectivity index (χ4n) is 4.42. The molecule has 1 aliphatic heterocycles. The van der Waals surface area contributed by atoms with Gasteiger partial charge in [-0.1, -0.05) is 0 Å². The lowest BCUT2D eigenvalue weighted by molar-refractivity contribution is 0.0888. The third-order valence-electron chi connectivity index (χ3n) is 6.07. The van der Waals surface area contributed by atoms with Gasteiger partial charge >= 0.3 is 0 Å². The molecule has 11 heteroatoms. The molecule has 32 heavy (non-hydrogen) atoms. The number of rotatable bonds is 5. The van der Waals surface area contributed by atoms with Crippen LogP contribution in [0.5, 0.6) is 0 Å². The standard InChI is InChI=1S/C21H18F2N6O2S/c1-2-32(30,31)28-10-21(11-28,6-7-24)29-9-14(17-15(22)3-4-16(23)19(17)29)18-13-5-8-25-20(13)27-12-26-18/h3-5,8-9,12H,2,6,10-11H2,1H3,(H,25,26,27). The van der Waals surface area contributed by atoms with Crippen LogP contribution in [0.2, 0.25) is 0 Å². The summed E-state index contributed by atoms with van der Waals surface area (Å²) in [6.45, 7) is 1.54. The Labute approximate surface area is 182 Å². The van der Waals surface area contributed by atoms with Crippen molar-refractivity contribution in [3.63, 3.8) is 0 Å². The number of aromatic amines is 1. The van der Waals surface area contributed by atoms with E-state index in [4.69, 9.17) is 0 Å². The molecular weight excluding hydrogens is 438 g/mol. The summed E-state index contributed by atoms with van der Waals surface area (Å²) in [6.07, 6.45) is 4.51. The van der Waals surface area contributed by atoms with Gasteiger partial charge in [-0.15, -0.1) is 0 Å². The first-order valence-electron chi connectivity index (χ1n) is 9.94. The first-order valence-corrected chi connectivity index (χ1v) is 11.5. The summed E-state index contributed by atoms with van der Waals surface area (Å²) in [5.41, 5.74) is 0.258. The van der Waals surface area contributed by atoms with Gasteiger partial charge in [-0.3, -0.25) is 0 Å². The van der Waals surface area contributed by atoms with Crippen molar-refractivity contribution in [1.29, 1.82) is 5.26 Å². The lowest BCUT2D eigenvalue weighted by atomic mass is 9.88. The monoisotopic (exact) mass is 456 g/mol. The number of hydrogen-bond acceptors (Lipinski definition) is 5. The van der Waals surface area contributed by atoms with Gasteiger partial charge < -0.3 is 9.55 Å². The molecule has 3 aromatic heterocycles. The number of hydrogen-bond donors (Lipinski definition) is 1. The summed E-state index contributed by atoms with van der Waals surface area (Å²) >= 11 is 0. The van der Waals surface area contributed by atoms with Gasteiger partial charge in [0.2, 0.25) is 10.0 Å². The minimum Gasteiger partial charge on any atom is -0.346 e. The number of halogens is 2. The second kappa shape index (κ2) is 7.08. The lowest BCUT2D eigenvalue weighted by Crippen LogP contribution is -2.64. The zero-order valence-electron chi connectivity index (χ0n) is 17.0. The largest absolute Gasteiger partial charge is 0.346 e. The van der Waals surface area contributed by atoms with Crippen molar-refractivity contribution >= 4 is 32.0 Å². The highest BCUT2D eigenvalue weighted by Crippen LogP contribution is 2.43. The fourth-order valence-corrected chi connectivity index (χ4v) is 5.66. The van der Waals surface area contributed by atoms with Gasteiger partial charge in [0.1, 0.15) is 23.6 Å². The van der Waals surface area contributed by atoms with Crippen LogP contribution in [0.1, 0.15) is 13.3 Å². The van der Waals surface area contributed by atoms with Crippen LogP contribution in [0.4, 0.5) is 8.78 Å². The molecule has 1 N–H and O–H groups in total. The molecule has 0 radical (unpaired) electrons. The summed E-state index contributed by atoms with van der Waals surface area (Å²) in [5, 5.41) is 10.1. The Morgan fingerprint density at radius 2 is 1.97 bits per heavy atom. The van der Waals surface area contributed by atoms with Crippen molar-refractivity contribution in [2.24, 2.45) is 0 Å². The maximum absolute atomic E-state index is 15.1. The van der Waals surface area contributed by atoms with Crippen LogP contribution >= 0.6 is 0 Å². The van der Waals surface area contributed by atoms with Crippen molar-refractivity contribution in [1.82, 2.24) is 23.8 Å². The van der Waals surface area contributed by atoms with E-state index in [0.29, 0.717) is 22.3 Å². The summed E-state index contributed by atoms with van der Waals surface area (Å²) in [6, 6.07) is 5.91. The molecule has 0 spiro atoms. The third kappa shape index (κ3) is 2.83. The maximum atomic E-state index is 15.1. The van der Waals surface area contributed by atoms with Crippen molar-refractivity contribution in [2.75, 3.05) is 18.8 Å². The molecule has 1 fully saturated rings. The number of aromatic nitrogens is 4. The van der Waals surface area contributed by atoms with Crippen LogP contribution in [-0.2, 0) is 15.6 Å². The Hall–Kier alpha value is -3.36. The molecule has 0 bridgehead atoms. The topological polar surface area (TPSA) is 108 Å². The van der Waals surface area contributed by atoms with Gasteiger partial charge in [0.25, 0.3) is 0 Å². The quantitative estimate of drug-likeness (QED) is 0.496. The van der Waals surface area contributed by atoms with Crippen molar-refractivity contribution < 1.29 is 17.2 Å². The number of benzene rings is 1. The number of fused-ring (bicyclic) bond motifs is 2. The van der Waals surface area contributed by atoms with E-state index in [2.05, 4.69) is 21.0 Å². The summed E-state index contributed by atoms with van der Waals surface area (Å²) in [7, 11) is -3.48. The number of nitrogens with zero attached hydrogens (tertiary/aromatic N) is 5. The Morgan fingerprint density at radius 1 is 1.22 bits per heavy atom. The van der Waals surface area contributed by atoms with E-state index >= 15 is 8.78 Å². The average Bonchev–Trinajstić information content (AvgIpc) is 3.38. The Balaban J connectivity index is 1.78. The van der Waals surface area contributed by atoms with Crippen molar-refractivity contribution in [3.05, 3.63) is 48.6 Å². The minimum absolute atomic E-state index is 0.000748. The van der Waals surface area contributed by atoms with E-state index in [-0.39, 0.29) is 36.2 Å². The second-order valence-corrected chi connectivity index (χ2v) is 10.1. The molecule has 164 valence electrons. The molecule has 5 rings (SSSR count). The molecule has 0 unspecified atom stereocenters. The zero-order chi connectivity index (χ0) is 22.7. The Bertz CT molecular complexity index is 1510. The molecule has 8 nitrogen and oxygen atoms in total. The lowest BCUT2D eigenvalue weighted by Gasteiger charge is -2.49. The van der Waals surface area contributed by atoms with Crippen LogP contribution < -0.4 is 0 Å². The molecule has 0 saturated carbocycles. The normalized spacial score (nSPS) is 16.3. The highest BCUT2D eigenvalue weighted by Gasteiger charge is 2.50. The highest BCUT2D eigenvalue weighted by atomic mass is 32.2. The van der Waals surface area contributed by atoms with E-state index in [1.54, 1.807) is 18.5 Å². The van der Waals surface area contributed by atoms with Gasteiger partial charge in [-0.2, -0.15) is 9.57 Å². The van der Waals surface area contributed by atoms with Crippen LogP contribution in [-0.4, -0.2) is 51.1 Å². The van der Waals surface area contributed by atoms with Gasteiger partial charge in [0.15, 0.2) is 0 Å². The molecule has 0 aliphatic carbocycles. The van der Waals surface area contributed by atoms with Gasteiger partial charge in [0.05, 0.1) is 35.0 Å². The number of H-pyrrole nitrogens is 1. The summed E-state index contributed by atoms with van der Waals surface area (Å²) in [5.74, 6) is -1.38. The summed E-state index contributed by atoms with van der Waals surface area (Å²) < 4.78 is 57.6. The number of nitrogens with one attached hydrogen (secondary N) is 1. The van der Waals surface area contributed by atoms with E-state index in [1.165, 1.54) is 22.1 Å². The van der Waals surface area contributed by atoms with Crippen LogP contribution in [0, 0.1) is 23.0 Å². The van der Waals surface area contributed by atoms with Crippen LogP contribution in [0.15, 0.2) is 36.9 Å². The average molecular weight is 456 g/mol. The molecule has 0 amide bonds. The molecular formula is C21H18F2N6O2S. The van der Waals surface area contributed by atoms with Crippen molar-refractivity contribution in [2.45, 2.75) is 18.9 Å². The highest BCUT2D eigenvalue weighted by molar-refractivity contribution is 7.89. The SMILES string of the molecule is CCS(=O)(=O)N1CC(CC#N)(n2cc(-c3ncnc4[nH]ccc34)c3c(F)ccc(F)c32)C1. The molecule has 0 atom stereocenters. The molecule has 1 aliphatic rings. The molecule has 4 heterocycles. The first kappa shape index (κ1) is 20.5. The Kier molecular flexibility index (Phi) is 4.54. The number of sulfonamides is 1. The first-order chi connectivity index (χ1) is 15.3. The second-order valence-electron chi connectivity index (χ2n) is 7.86. The maximum Gasteiger partial charge on any atom is 0.213 e. The van der Waals surface area contributed by atoms with E-state index in [1.807, 2.05) is 0 Å². The smallest absolute Gasteiger partial charge is 0.213 e. The van der Waals surface area contributed by atoms with Crippen LogP contribution in [0.3, 0.4) is 0 Å². The number of nitriles is 1. The van der Waals surface area contributed by atoms with Gasteiger partial charge in [0, 0.05) is 41.8 Å². The van der Waals surface area contributed by atoms with Gasteiger partial charge in [-0.25, -0.2) is 27.2 Å². The molecule has 1 aromatic carbocycles. The predicted molar refractivity (Wildman–Crippen MR) is 114 cm³/mol. The van der Waals surface area contributed by atoms with Crippen molar-refractivity contribution in [3.8, 4) is 17.3 Å². The fraction of sp³-hybridized carbons (Fsp3) is 0.286. The third-order valence-corrected chi connectivity index (χ3v) is 7.85. The van der Waals surface area contributed by atoms with E-state index in [0.717, 1.165) is 12.1 Å². The van der Waals surface area contributed by atoms with Crippen LogP contribution in [0.25, 0.3) is 33.2 Å². The Morgan fingerprint density at radius 3 is 2.69 bits per heavy atom. The molecule has 1 saturated heterocycles. The predicted octanol–water partition coefficient (Wildman–Crippen LogP) is 3.13. The zero-order valence-corrected chi connectivity index (χ0v) is 17.8. The summed E-state index contributed by atoms with van der Waals surface area (Å²) in [4.78, 5) is 11.4.